The Bertz CT molecular complexity index is 193. The van der Waals surface area contributed by atoms with Gasteiger partial charge in [-0.3, -0.25) is 4.79 Å². The van der Waals surface area contributed by atoms with Crippen molar-refractivity contribution in [3.05, 3.63) is 0 Å². The predicted octanol–water partition coefficient (Wildman–Crippen LogP) is 1.81. The summed E-state index contributed by atoms with van der Waals surface area (Å²) in [6.45, 7) is 5.67. The number of amides is 1. The number of nitrogens with zero attached hydrogens (tertiary/aromatic N) is 1. The lowest BCUT2D eigenvalue weighted by Gasteiger charge is -2.35. The Labute approximate surface area is 86.4 Å². The highest BCUT2D eigenvalue weighted by molar-refractivity contribution is 5.84. The van der Waals surface area contributed by atoms with Crippen LogP contribution >= 0.6 is 0 Å². The number of carbonyl (C=O) groups excluding carboxylic acids is 1. The fourth-order valence-corrected chi connectivity index (χ4v) is 1.81. The monoisotopic (exact) mass is 199 g/mol. The van der Waals surface area contributed by atoms with Gasteiger partial charge >= 0.3 is 0 Å². The summed E-state index contributed by atoms with van der Waals surface area (Å²) < 4.78 is 5.31. The summed E-state index contributed by atoms with van der Waals surface area (Å²) in [5.41, 5.74) is -0.614. The fourth-order valence-electron chi connectivity index (χ4n) is 1.81. The molecule has 1 aliphatic heterocycles. The maximum atomic E-state index is 12.1. The number of carbonyl (C=O) groups is 1. The zero-order valence-corrected chi connectivity index (χ0v) is 9.51. The molecule has 0 radical (unpaired) electrons. The van der Waals surface area contributed by atoms with Gasteiger partial charge < -0.3 is 9.64 Å². The summed E-state index contributed by atoms with van der Waals surface area (Å²) >= 11 is 0. The summed E-state index contributed by atoms with van der Waals surface area (Å²) in [6.07, 6.45) is 4.25. The van der Waals surface area contributed by atoms with Crippen molar-refractivity contribution in [2.24, 2.45) is 0 Å². The smallest absolute Gasteiger partial charge is 0.254 e. The third-order valence-corrected chi connectivity index (χ3v) is 3.22. The fraction of sp³-hybridized carbons (Fsp3) is 0.909. The Morgan fingerprint density at radius 3 is 2.36 bits per heavy atom. The molecule has 82 valence electrons. The highest BCUT2D eigenvalue weighted by Crippen LogP contribution is 2.20. The average molecular weight is 199 g/mol. The lowest BCUT2D eigenvalue weighted by atomic mass is 9.99. The quantitative estimate of drug-likeness (QED) is 0.694. The second kappa shape index (κ2) is 4.78. The van der Waals surface area contributed by atoms with Gasteiger partial charge in [0.25, 0.3) is 5.91 Å². The first-order valence-corrected chi connectivity index (χ1v) is 5.48. The Morgan fingerprint density at radius 1 is 1.36 bits per heavy atom. The summed E-state index contributed by atoms with van der Waals surface area (Å²) in [6, 6.07) is 0. The molecule has 0 aromatic carbocycles. The van der Waals surface area contributed by atoms with Gasteiger partial charge in [-0.2, -0.15) is 0 Å². The number of methoxy groups -OCH3 is 1. The van der Waals surface area contributed by atoms with E-state index in [0.29, 0.717) is 0 Å². The molecule has 0 aromatic heterocycles. The number of rotatable bonds is 3. The third-order valence-electron chi connectivity index (χ3n) is 3.22. The van der Waals surface area contributed by atoms with Crippen LogP contribution in [0.15, 0.2) is 0 Å². The largest absolute Gasteiger partial charge is 0.369 e. The molecule has 1 saturated heterocycles. The lowest BCUT2D eigenvalue weighted by molar-refractivity contribution is -0.154. The molecule has 1 unspecified atom stereocenters. The number of likely N-dealkylation sites (tertiary alicyclic amines) is 1. The number of ether oxygens (including phenoxy) is 1. The van der Waals surface area contributed by atoms with E-state index in [4.69, 9.17) is 4.74 Å². The van der Waals surface area contributed by atoms with Crippen molar-refractivity contribution in [3.8, 4) is 0 Å². The van der Waals surface area contributed by atoms with Crippen LogP contribution in [0, 0.1) is 0 Å². The van der Waals surface area contributed by atoms with Crippen LogP contribution in [0.4, 0.5) is 0 Å². The molecule has 1 aliphatic rings. The van der Waals surface area contributed by atoms with Gasteiger partial charge in [0.1, 0.15) is 5.60 Å². The van der Waals surface area contributed by atoms with Crippen LogP contribution in [-0.2, 0) is 9.53 Å². The van der Waals surface area contributed by atoms with Gasteiger partial charge in [0.2, 0.25) is 0 Å². The molecule has 1 amide bonds. The number of piperidine rings is 1. The molecule has 0 bridgehead atoms. The molecule has 0 saturated carbocycles. The molecule has 0 N–H and O–H groups in total. The van der Waals surface area contributed by atoms with E-state index in [-0.39, 0.29) is 5.91 Å². The molecule has 14 heavy (non-hydrogen) atoms. The van der Waals surface area contributed by atoms with E-state index < -0.39 is 5.60 Å². The van der Waals surface area contributed by atoms with Gasteiger partial charge in [-0.05, 0) is 32.6 Å². The van der Waals surface area contributed by atoms with E-state index in [1.807, 2.05) is 18.7 Å². The molecular weight excluding hydrogens is 178 g/mol. The molecule has 3 heteroatoms. The molecule has 0 aliphatic carbocycles. The zero-order valence-electron chi connectivity index (χ0n) is 9.51. The van der Waals surface area contributed by atoms with Crippen molar-refractivity contribution in [1.82, 2.24) is 4.90 Å². The molecule has 3 nitrogen and oxygen atoms in total. The van der Waals surface area contributed by atoms with E-state index in [2.05, 4.69) is 0 Å². The number of hydrogen-bond acceptors (Lipinski definition) is 2. The van der Waals surface area contributed by atoms with Crippen LogP contribution in [0.3, 0.4) is 0 Å². The van der Waals surface area contributed by atoms with E-state index in [1.165, 1.54) is 6.42 Å². The van der Waals surface area contributed by atoms with Gasteiger partial charge in [0.05, 0.1) is 0 Å². The highest BCUT2D eigenvalue weighted by atomic mass is 16.5. The van der Waals surface area contributed by atoms with E-state index >= 15 is 0 Å². The first-order chi connectivity index (χ1) is 6.64. The summed E-state index contributed by atoms with van der Waals surface area (Å²) in [5, 5.41) is 0. The summed E-state index contributed by atoms with van der Waals surface area (Å²) in [7, 11) is 1.62. The highest BCUT2D eigenvalue weighted by Gasteiger charge is 2.35. The molecule has 0 spiro atoms. The molecular formula is C11H21NO2. The van der Waals surface area contributed by atoms with Crippen LogP contribution in [0.5, 0.6) is 0 Å². The van der Waals surface area contributed by atoms with E-state index in [9.17, 15) is 4.79 Å². The third kappa shape index (κ3) is 2.27. The van der Waals surface area contributed by atoms with Crippen LogP contribution in [0.1, 0.15) is 39.5 Å². The Kier molecular flexibility index (Phi) is 3.93. The predicted molar refractivity (Wildman–Crippen MR) is 56.1 cm³/mol. The van der Waals surface area contributed by atoms with Gasteiger partial charge in [0, 0.05) is 20.2 Å². The molecule has 1 heterocycles. The van der Waals surface area contributed by atoms with Gasteiger partial charge in [-0.25, -0.2) is 0 Å². The van der Waals surface area contributed by atoms with Crippen molar-refractivity contribution in [2.45, 2.75) is 45.1 Å². The van der Waals surface area contributed by atoms with Crippen LogP contribution in [-0.4, -0.2) is 36.6 Å². The van der Waals surface area contributed by atoms with Crippen LogP contribution in [0.25, 0.3) is 0 Å². The summed E-state index contributed by atoms with van der Waals surface area (Å²) in [4.78, 5) is 14.0. The van der Waals surface area contributed by atoms with Crippen LogP contribution in [0.2, 0.25) is 0 Å². The van der Waals surface area contributed by atoms with Crippen molar-refractivity contribution in [3.63, 3.8) is 0 Å². The Morgan fingerprint density at radius 2 is 1.93 bits per heavy atom. The van der Waals surface area contributed by atoms with Crippen molar-refractivity contribution < 1.29 is 9.53 Å². The van der Waals surface area contributed by atoms with Gasteiger partial charge in [-0.15, -0.1) is 0 Å². The Balaban J connectivity index is 2.61. The molecule has 1 atom stereocenters. The van der Waals surface area contributed by atoms with Gasteiger partial charge in [0.15, 0.2) is 0 Å². The zero-order chi connectivity index (χ0) is 10.6. The van der Waals surface area contributed by atoms with E-state index in [1.54, 1.807) is 7.11 Å². The minimum atomic E-state index is -0.614. The topological polar surface area (TPSA) is 29.5 Å². The maximum absolute atomic E-state index is 12.1. The van der Waals surface area contributed by atoms with Gasteiger partial charge in [-0.1, -0.05) is 6.92 Å². The Hall–Kier alpha value is -0.570. The minimum absolute atomic E-state index is 0.155. The van der Waals surface area contributed by atoms with Crippen LogP contribution < -0.4 is 0 Å². The number of hydrogen-bond donors (Lipinski definition) is 0. The lowest BCUT2D eigenvalue weighted by Crippen LogP contribution is -2.49. The molecule has 1 rings (SSSR count). The normalized spacial score (nSPS) is 21.8. The van der Waals surface area contributed by atoms with Crippen molar-refractivity contribution in [2.75, 3.05) is 20.2 Å². The maximum Gasteiger partial charge on any atom is 0.254 e. The van der Waals surface area contributed by atoms with E-state index in [0.717, 1.165) is 32.4 Å². The average Bonchev–Trinajstić information content (AvgIpc) is 2.28. The molecule has 1 fully saturated rings. The second-order valence-corrected chi connectivity index (χ2v) is 4.14. The summed E-state index contributed by atoms with van der Waals surface area (Å²) in [5.74, 6) is 0.155. The first kappa shape index (κ1) is 11.5. The standard InChI is InChI=1S/C11H21NO2/c1-4-11(2,14-3)10(13)12-8-6-5-7-9-12/h4-9H2,1-3H3. The minimum Gasteiger partial charge on any atom is -0.369 e. The first-order valence-electron chi connectivity index (χ1n) is 5.48. The molecule has 0 aromatic rings. The van der Waals surface area contributed by atoms with Crippen molar-refractivity contribution >= 4 is 5.91 Å². The SMILES string of the molecule is CCC(C)(OC)C(=O)N1CCCCC1. The second-order valence-electron chi connectivity index (χ2n) is 4.14. The van der Waals surface area contributed by atoms with Crippen molar-refractivity contribution in [1.29, 1.82) is 0 Å².